The minimum Gasteiger partial charge on any atom is -0.303 e. The highest BCUT2D eigenvalue weighted by Crippen LogP contribution is 2.24. The number of hydrogen-bond acceptors (Lipinski definition) is 5. The van der Waals surface area contributed by atoms with E-state index in [1.165, 1.54) is 16.9 Å². The topological polar surface area (TPSA) is 70.6 Å². The molecule has 0 N–H and O–H groups in total. The van der Waals surface area contributed by atoms with Gasteiger partial charge in [-0.05, 0) is 68.2 Å². The lowest BCUT2D eigenvalue weighted by Crippen LogP contribution is -2.37. The molecule has 2 heterocycles. The van der Waals surface area contributed by atoms with E-state index in [0.29, 0.717) is 11.3 Å². The van der Waals surface area contributed by atoms with Gasteiger partial charge in [0.2, 0.25) is 10.0 Å². The molecule has 1 aromatic carbocycles. The molecule has 0 aliphatic carbocycles. The zero-order chi connectivity index (χ0) is 20.1. The number of sulfonamides is 1. The molecule has 0 bridgehead atoms. The summed E-state index contributed by atoms with van der Waals surface area (Å²) in [7, 11) is -1.79. The Morgan fingerprint density at radius 3 is 2.43 bits per heavy atom. The van der Waals surface area contributed by atoms with E-state index in [4.69, 9.17) is 0 Å². The van der Waals surface area contributed by atoms with Crippen molar-refractivity contribution in [3.05, 3.63) is 59.9 Å². The number of Topliss-reactive ketones (excluding diaryl/α,β-unsaturated/α-hetero) is 1. The normalized spacial score (nSPS) is 16.1. The standard InChI is InChI=1S/C21H27N3O3S/c1-23(28(2,26)27)20-7-5-18(6-8-20)21(25)19-10-14-24(15-11-19)13-9-17-4-3-12-22-16-17/h3-8,12,16,19H,9-11,13-15H2,1-2H3. The summed E-state index contributed by atoms with van der Waals surface area (Å²) in [4.78, 5) is 19.4. The van der Waals surface area contributed by atoms with Gasteiger partial charge < -0.3 is 4.90 Å². The number of ketones is 1. The van der Waals surface area contributed by atoms with Crippen molar-refractivity contribution in [3.8, 4) is 0 Å². The smallest absolute Gasteiger partial charge is 0.231 e. The Bertz CT molecular complexity index is 890. The average Bonchev–Trinajstić information content (AvgIpc) is 2.72. The fraction of sp³-hybridized carbons (Fsp3) is 0.429. The largest absolute Gasteiger partial charge is 0.303 e. The van der Waals surface area contributed by atoms with Gasteiger partial charge in [0.15, 0.2) is 5.78 Å². The second-order valence-corrected chi connectivity index (χ2v) is 9.38. The maximum atomic E-state index is 12.8. The van der Waals surface area contributed by atoms with Crippen LogP contribution in [0.25, 0.3) is 0 Å². The number of nitrogens with zero attached hydrogens (tertiary/aromatic N) is 3. The Labute approximate surface area is 167 Å². The second-order valence-electron chi connectivity index (χ2n) is 7.37. The molecule has 0 saturated carbocycles. The number of benzene rings is 1. The van der Waals surface area contributed by atoms with Crippen LogP contribution in [0.15, 0.2) is 48.8 Å². The molecule has 1 fully saturated rings. The average molecular weight is 402 g/mol. The first kappa shape index (κ1) is 20.5. The summed E-state index contributed by atoms with van der Waals surface area (Å²) in [5, 5.41) is 0. The molecule has 6 nitrogen and oxygen atoms in total. The molecule has 7 heteroatoms. The predicted molar refractivity (Wildman–Crippen MR) is 111 cm³/mol. The van der Waals surface area contributed by atoms with Gasteiger partial charge in [-0.1, -0.05) is 6.07 Å². The van der Waals surface area contributed by atoms with Crippen molar-refractivity contribution in [2.24, 2.45) is 5.92 Å². The molecule has 0 atom stereocenters. The van der Waals surface area contributed by atoms with E-state index < -0.39 is 10.0 Å². The number of carbonyl (C=O) groups excluding carboxylic acids is 1. The van der Waals surface area contributed by atoms with Crippen molar-refractivity contribution in [1.29, 1.82) is 0 Å². The highest BCUT2D eigenvalue weighted by Gasteiger charge is 2.25. The Balaban J connectivity index is 1.52. The van der Waals surface area contributed by atoms with Crippen molar-refractivity contribution in [1.82, 2.24) is 9.88 Å². The summed E-state index contributed by atoms with van der Waals surface area (Å²) < 4.78 is 24.5. The van der Waals surface area contributed by atoms with E-state index in [-0.39, 0.29) is 11.7 Å². The first-order valence-electron chi connectivity index (χ1n) is 9.54. The van der Waals surface area contributed by atoms with Crippen molar-refractivity contribution in [2.45, 2.75) is 19.3 Å². The molecule has 28 heavy (non-hydrogen) atoms. The van der Waals surface area contributed by atoms with Gasteiger partial charge in [-0.25, -0.2) is 8.42 Å². The Kier molecular flexibility index (Phi) is 6.46. The minimum atomic E-state index is -3.30. The fourth-order valence-corrected chi connectivity index (χ4v) is 4.02. The van der Waals surface area contributed by atoms with Crippen molar-refractivity contribution < 1.29 is 13.2 Å². The summed E-state index contributed by atoms with van der Waals surface area (Å²) in [6, 6.07) is 10.9. The van der Waals surface area contributed by atoms with Crippen molar-refractivity contribution >= 4 is 21.5 Å². The number of hydrogen-bond donors (Lipinski definition) is 0. The Morgan fingerprint density at radius 1 is 1.18 bits per heavy atom. The third-order valence-electron chi connectivity index (χ3n) is 5.41. The first-order valence-corrected chi connectivity index (χ1v) is 11.4. The fourth-order valence-electron chi connectivity index (χ4n) is 3.51. The van der Waals surface area contributed by atoms with E-state index in [2.05, 4.69) is 16.0 Å². The molecule has 1 aliphatic rings. The lowest BCUT2D eigenvalue weighted by atomic mass is 9.88. The first-order chi connectivity index (χ1) is 13.3. The monoisotopic (exact) mass is 401 g/mol. The molecule has 0 amide bonds. The third kappa shape index (κ3) is 5.17. The molecular weight excluding hydrogens is 374 g/mol. The molecule has 150 valence electrons. The zero-order valence-corrected chi connectivity index (χ0v) is 17.2. The van der Waals surface area contributed by atoms with Gasteiger partial charge in [0.1, 0.15) is 0 Å². The molecular formula is C21H27N3O3S. The van der Waals surface area contributed by atoms with Crippen LogP contribution >= 0.6 is 0 Å². The van der Waals surface area contributed by atoms with Crippen LogP contribution in [0, 0.1) is 5.92 Å². The van der Waals surface area contributed by atoms with Gasteiger partial charge in [-0.2, -0.15) is 0 Å². The maximum absolute atomic E-state index is 12.8. The Morgan fingerprint density at radius 2 is 1.86 bits per heavy atom. The van der Waals surface area contributed by atoms with Crippen LogP contribution in [0.2, 0.25) is 0 Å². The molecule has 0 spiro atoms. The Hall–Kier alpha value is -2.25. The lowest BCUT2D eigenvalue weighted by molar-refractivity contribution is 0.0841. The molecule has 2 aromatic rings. The van der Waals surface area contributed by atoms with Crippen LogP contribution in [0.4, 0.5) is 5.69 Å². The number of rotatable bonds is 7. The quantitative estimate of drug-likeness (QED) is 0.667. The third-order valence-corrected chi connectivity index (χ3v) is 6.62. The van der Waals surface area contributed by atoms with Crippen LogP contribution in [-0.4, -0.2) is 57.0 Å². The second kappa shape index (κ2) is 8.84. The molecule has 3 rings (SSSR count). The van der Waals surface area contributed by atoms with E-state index in [9.17, 15) is 13.2 Å². The molecule has 1 saturated heterocycles. The van der Waals surface area contributed by atoms with E-state index in [1.54, 1.807) is 30.5 Å². The SMILES string of the molecule is CN(c1ccc(C(=O)C2CCN(CCc3cccnc3)CC2)cc1)S(C)(=O)=O. The summed E-state index contributed by atoms with van der Waals surface area (Å²) in [6.07, 6.45) is 7.54. The maximum Gasteiger partial charge on any atom is 0.231 e. The van der Waals surface area contributed by atoms with E-state index in [0.717, 1.165) is 45.2 Å². The van der Waals surface area contributed by atoms with Crippen LogP contribution in [0.1, 0.15) is 28.8 Å². The molecule has 0 radical (unpaired) electrons. The summed E-state index contributed by atoms with van der Waals surface area (Å²) >= 11 is 0. The van der Waals surface area contributed by atoms with Crippen LogP contribution < -0.4 is 4.31 Å². The van der Waals surface area contributed by atoms with E-state index in [1.807, 2.05) is 12.3 Å². The number of carbonyl (C=O) groups is 1. The van der Waals surface area contributed by atoms with Crippen LogP contribution in [-0.2, 0) is 16.4 Å². The number of likely N-dealkylation sites (tertiary alicyclic amines) is 1. The van der Waals surface area contributed by atoms with Gasteiger partial charge in [0.25, 0.3) is 0 Å². The number of piperidine rings is 1. The van der Waals surface area contributed by atoms with Gasteiger partial charge in [-0.15, -0.1) is 0 Å². The number of pyridine rings is 1. The number of aromatic nitrogens is 1. The molecule has 1 aliphatic heterocycles. The van der Waals surface area contributed by atoms with Gasteiger partial charge in [-0.3, -0.25) is 14.1 Å². The van der Waals surface area contributed by atoms with Crippen molar-refractivity contribution in [2.75, 3.05) is 37.2 Å². The van der Waals surface area contributed by atoms with Gasteiger partial charge in [0.05, 0.1) is 11.9 Å². The number of anilines is 1. The summed E-state index contributed by atoms with van der Waals surface area (Å²) in [6.45, 7) is 2.83. The summed E-state index contributed by atoms with van der Waals surface area (Å²) in [5.74, 6) is 0.189. The van der Waals surface area contributed by atoms with Crippen LogP contribution in [0.5, 0.6) is 0 Å². The van der Waals surface area contributed by atoms with Gasteiger partial charge in [0, 0.05) is 37.5 Å². The summed E-state index contributed by atoms with van der Waals surface area (Å²) in [5.41, 5.74) is 2.45. The minimum absolute atomic E-state index is 0.0353. The predicted octanol–water partition coefficient (Wildman–Crippen LogP) is 2.61. The van der Waals surface area contributed by atoms with Gasteiger partial charge >= 0.3 is 0 Å². The highest BCUT2D eigenvalue weighted by atomic mass is 32.2. The molecule has 0 unspecified atom stereocenters. The van der Waals surface area contributed by atoms with Crippen LogP contribution in [0.3, 0.4) is 0 Å². The highest BCUT2D eigenvalue weighted by molar-refractivity contribution is 7.92. The zero-order valence-electron chi connectivity index (χ0n) is 16.4. The lowest BCUT2D eigenvalue weighted by Gasteiger charge is -2.31. The van der Waals surface area contributed by atoms with E-state index >= 15 is 0 Å². The molecule has 1 aromatic heterocycles. The van der Waals surface area contributed by atoms with Crippen molar-refractivity contribution in [3.63, 3.8) is 0 Å².